The number of nitrogens with zero attached hydrogens (tertiary/aromatic N) is 5. The predicted octanol–water partition coefficient (Wildman–Crippen LogP) is 4.45. The van der Waals surface area contributed by atoms with E-state index in [0.717, 1.165) is 41.3 Å². The molecule has 0 atom stereocenters. The van der Waals surface area contributed by atoms with E-state index < -0.39 is 0 Å². The molecule has 4 rings (SSSR count). The maximum absolute atomic E-state index is 5.97. The lowest BCUT2D eigenvalue weighted by atomic mass is 10.2. The number of ether oxygens (including phenoxy) is 1. The van der Waals surface area contributed by atoms with Crippen LogP contribution in [0.2, 0.25) is 0 Å². The molecule has 0 unspecified atom stereocenters. The van der Waals surface area contributed by atoms with Gasteiger partial charge in [0.05, 0.1) is 5.52 Å². The van der Waals surface area contributed by atoms with Gasteiger partial charge in [0.1, 0.15) is 17.3 Å². The second-order valence-corrected chi connectivity index (χ2v) is 6.06. The van der Waals surface area contributed by atoms with Crippen LogP contribution in [0.25, 0.3) is 16.9 Å². The summed E-state index contributed by atoms with van der Waals surface area (Å²) in [5.74, 6) is 2.99. The predicted molar refractivity (Wildman–Crippen MR) is 107 cm³/mol. The fraction of sp³-hybridized carbons (Fsp3) is 0.190. The number of hydrogen-bond donors (Lipinski definition) is 0. The number of para-hydroxylation sites is 1. The maximum atomic E-state index is 5.97. The van der Waals surface area contributed by atoms with E-state index in [4.69, 9.17) is 14.7 Å². The van der Waals surface area contributed by atoms with Crippen LogP contribution in [0.1, 0.15) is 13.8 Å². The van der Waals surface area contributed by atoms with Crippen molar-refractivity contribution in [2.45, 2.75) is 13.8 Å². The molecule has 0 bridgehead atoms. The van der Waals surface area contributed by atoms with Crippen LogP contribution in [0.4, 0.5) is 5.82 Å². The Balaban J connectivity index is 1.83. The van der Waals surface area contributed by atoms with E-state index in [9.17, 15) is 0 Å². The summed E-state index contributed by atoms with van der Waals surface area (Å²) in [6, 6.07) is 17.5. The van der Waals surface area contributed by atoms with Gasteiger partial charge in [-0.05, 0) is 44.2 Å². The Morgan fingerprint density at radius 3 is 2.44 bits per heavy atom. The van der Waals surface area contributed by atoms with Crippen molar-refractivity contribution in [2.24, 2.45) is 0 Å². The van der Waals surface area contributed by atoms with Gasteiger partial charge in [0.25, 0.3) is 5.95 Å². The molecule has 0 fully saturated rings. The molecule has 0 aliphatic heterocycles. The Hall–Kier alpha value is -3.41. The Labute approximate surface area is 158 Å². The van der Waals surface area contributed by atoms with Crippen molar-refractivity contribution in [3.05, 3.63) is 67.0 Å². The average Bonchev–Trinajstić information content (AvgIpc) is 3.24. The van der Waals surface area contributed by atoms with Gasteiger partial charge in [-0.25, -0.2) is 9.67 Å². The molecule has 136 valence electrons. The molecule has 0 radical (unpaired) electrons. The van der Waals surface area contributed by atoms with Gasteiger partial charge in [-0.15, -0.1) is 0 Å². The minimum absolute atomic E-state index is 0.547. The molecule has 2 heterocycles. The lowest BCUT2D eigenvalue weighted by Gasteiger charge is -2.22. The highest BCUT2D eigenvalue weighted by Gasteiger charge is 2.14. The number of fused-ring (bicyclic) bond motifs is 1. The van der Waals surface area contributed by atoms with Crippen molar-refractivity contribution in [3.63, 3.8) is 0 Å². The lowest BCUT2D eigenvalue weighted by Crippen LogP contribution is -2.24. The summed E-state index contributed by atoms with van der Waals surface area (Å²) in [5.41, 5.74) is 0.825. The van der Waals surface area contributed by atoms with E-state index in [1.165, 1.54) is 0 Å². The molecule has 6 heteroatoms. The van der Waals surface area contributed by atoms with E-state index in [1.807, 2.05) is 60.8 Å². The smallest absolute Gasteiger partial charge is 0.253 e. The van der Waals surface area contributed by atoms with E-state index >= 15 is 0 Å². The topological polar surface area (TPSA) is 56.1 Å². The van der Waals surface area contributed by atoms with Crippen molar-refractivity contribution >= 4 is 16.7 Å². The second-order valence-electron chi connectivity index (χ2n) is 6.06. The number of aromatic nitrogens is 4. The zero-order chi connectivity index (χ0) is 18.6. The van der Waals surface area contributed by atoms with E-state index in [2.05, 4.69) is 23.8 Å². The summed E-state index contributed by atoms with van der Waals surface area (Å²) in [5, 5.41) is 5.27. The minimum Gasteiger partial charge on any atom is -0.457 e. The summed E-state index contributed by atoms with van der Waals surface area (Å²) in [4.78, 5) is 11.7. The first-order valence-electron chi connectivity index (χ1n) is 9.08. The number of anilines is 1. The molecule has 2 aromatic heterocycles. The molecule has 4 aromatic rings. The first-order chi connectivity index (χ1) is 13.3. The maximum Gasteiger partial charge on any atom is 0.253 e. The minimum atomic E-state index is 0.547. The zero-order valence-electron chi connectivity index (χ0n) is 15.4. The molecule has 6 nitrogen and oxygen atoms in total. The van der Waals surface area contributed by atoms with Gasteiger partial charge in [-0.3, -0.25) is 0 Å². The molecule has 0 aliphatic carbocycles. The Morgan fingerprint density at radius 1 is 0.926 bits per heavy atom. The van der Waals surface area contributed by atoms with Crippen molar-refractivity contribution in [2.75, 3.05) is 18.0 Å². The molecule has 0 amide bonds. The van der Waals surface area contributed by atoms with Gasteiger partial charge in [-0.1, -0.05) is 18.2 Å². The van der Waals surface area contributed by atoms with Crippen LogP contribution in [0.3, 0.4) is 0 Å². The van der Waals surface area contributed by atoms with Crippen molar-refractivity contribution in [1.29, 1.82) is 0 Å². The third-order valence-corrected chi connectivity index (χ3v) is 4.39. The first-order valence-corrected chi connectivity index (χ1v) is 9.08. The average molecular weight is 359 g/mol. The molecule has 27 heavy (non-hydrogen) atoms. The fourth-order valence-electron chi connectivity index (χ4n) is 3.02. The summed E-state index contributed by atoms with van der Waals surface area (Å²) < 4.78 is 7.65. The Kier molecular flexibility index (Phi) is 4.70. The molecule has 0 saturated carbocycles. The van der Waals surface area contributed by atoms with Crippen LogP contribution in [0, 0.1) is 0 Å². The Bertz CT molecular complexity index is 1030. The summed E-state index contributed by atoms with van der Waals surface area (Å²) in [6.45, 7) is 5.97. The van der Waals surface area contributed by atoms with Gasteiger partial charge in [0, 0.05) is 36.9 Å². The van der Waals surface area contributed by atoms with Crippen LogP contribution in [0.15, 0.2) is 67.0 Å². The molecule has 2 aromatic carbocycles. The SMILES string of the molecule is CCN(CC)c1nc(-n2cccn2)nc2cc(Oc3ccccc3)ccc12. The van der Waals surface area contributed by atoms with Gasteiger partial charge in [0.15, 0.2) is 0 Å². The van der Waals surface area contributed by atoms with Crippen LogP contribution in [0.5, 0.6) is 11.5 Å². The largest absolute Gasteiger partial charge is 0.457 e. The van der Waals surface area contributed by atoms with E-state index in [0.29, 0.717) is 5.95 Å². The molecule has 0 aliphatic rings. The standard InChI is InChI=1S/C21H21N5O/c1-3-25(4-2)20-18-12-11-17(27-16-9-6-5-7-10-16)15-19(18)23-21(24-20)26-14-8-13-22-26/h5-15H,3-4H2,1-2H3. The van der Waals surface area contributed by atoms with Crippen molar-refractivity contribution in [1.82, 2.24) is 19.7 Å². The van der Waals surface area contributed by atoms with Crippen molar-refractivity contribution in [3.8, 4) is 17.4 Å². The molecule has 0 N–H and O–H groups in total. The quantitative estimate of drug-likeness (QED) is 0.509. The summed E-state index contributed by atoms with van der Waals surface area (Å²) in [6.07, 6.45) is 3.57. The highest BCUT2D eigenvalue weighted by molar-refractivity contribution is 5.91. The van der Waals surface area contributed by atoms with Gasteiger partial charge < -0.3 is 9.64 Å². The molecule has 0 saturated heterocycles. The normalized spacial score (nSPS) is 10.9. The van der Waals surface area contributed by atoms with Crippen LogP contribution < -0.4 is 9.64 Å². The van der Waals surface area contributed by atoms with E-state index in [-0.39, 0.29) is 0 Å². The van der Waals surface area contributed by atoms with Crippen LogP contribution >= 0.6 is 0 Å². The molecule has 0 spiro atoms. The zero-order valence-corrected chi connectivity index (χ0v) is 15.4. The second kappa shape index (κ2) is 7.45. The first kappa shape index (κ1) is 17.0. The number of rotatable bonds is 6. The highest BCUT2D eigenvalue weighted by atomic mass is 16.5. The van der Waals surface area contributed by atoms with Crippen molar-refractivity contribution < 1.29 is 4.74 Å². The molecular weight excluding hydrogens is 338 g/mol. The highest BCUT2D eigenvalue weighted by Crippen LogP contribution is 2.30. The third-order valence-electron chi connectivity index (χ3n) is 4.39. The fourth-order valence-corrected chi connectivity index (χ4v) is 3.02. The van der Waals surface area contributed by atoms with Gasteiger partial charge >= 0.3 is 0 Å². The van der Waals surface area contributed by atoms with E-state index in [1.54, 1.807) is 10.9 Å². The summed E-state index contributed by atoms with van der Waals surface area (Å²) >= 11 is 0. The number of benzene rings is 2. The van der Waals surface area contributed by atoms with Gasteiger partial charge in [-0.2, -0.15) is 10.1 Å². The lowest BCUT2D eigenvalue weighted by molar-refractivity contribution is 0.483. The van der Waals surface area contributed by atoms with Crippen LogP contribution in [-0.4, -0.2) is 32.8 Å². The molecular formula is C21H21N5O. The van der Waals surface area contributed by atoms with Gasteiger partial charge in [0.2, 0.25) is 0 Å². The summed E-state index contributed by atoms with van der Waals surface area (Å²) in [7, 11) is 0. The Morgan fingerprint density at radius 2 is 1.74 bits per heavy atom. The monoisotopic (exact) mass is 359 g/mol. The van der Waals surface area contributed by atoms with Crippen LogP contribution in [-0.2, 0) is 0 Å². The third kappa shape index (κ3) is 3.46. The number of hydrogen-bond acceptors (Lipinski definition) is 5.